The summed E-state index contributed by atoms with van der Waals surface area (Å²) in [5.41, 5.74) is -0.975. The van der Waals surface area contributed by atoms with Crippen LogP contribution in [0.5, 0.6) is 0 Å². The molecule has 0 unspecified atom stereocenters. The SMILES string of the molecule is Cc1nc(CN(C)C(=O)CN2C(=O)NC(C)(C)C2=O)n[nH]1. The number of carbonyl (C=O) groups is 3. The lowest BCUT2D eigenvalue weighted by Gasteiger charge is -2.19. The normalized spacial score (nSPS) is 17.0. The molecule has 114 valence electrons. The summed E-state index contributed by atoms with van der Waals surface area (Å²) < 4.78 is 0. The predicted molar refractivity (Wildman–Crippen MR) is 71.9 cm³/mol. The number of aromatic amines is 1. The molecule has 1 saturated heterocycles. The fourth-order valence-electron chi connectivity index (χ4n) is 1.98. The first-order valence-corrected chi connectivity index (χ1v) is 6.46. The summed E-state index contributed by atoms with van der Waals surface area (Å²) in [4.78, 5) is 42.2. The van der Waals surface area contributed by atoms with E-state index in [1.54, 1.807) is 27.8 Å². The number of amides is 4. The number of hydrogen-bond donors (Lipinski definition) is 2. The zero-order valence-corrected chi connectivity index (χ0v) is 12.4. The number of hydrogen-bond acceptors (Lipinski definition) is 5. The van der Waals surface area contributed by atoms with Gasteiger partial charge in [0, 0.05) is 7.05 Å². The molecule has 0 aromatic carbocycles. The summed E-state index contributed by atoms with van der Waals surface area (Å²) in [5.74, 6) is 0.351. The van der Waals surface area contributed by atoms with E-state index in [0.29, 0.717) is 11.6 Å². The van der Waals surface area contributed by atoms with Crippen LogP contribution in [0.1, 0.15) is 25.5 Å². The van der Waals surface area contributed by atoms with Gasteiger partial charge in [0.25, 0.3) is 5.91 Å². The van der Waals surface area contributed by atoms with Gasteiger partial charge in [-0.15, -0.1) is 0 Å². The minimum Gasteiger partial charge on any atom is -0.337 e. The smallest absolute Gasteiger partial charge is 0.325 e. The van der Waals surface area contributed by atoms with Crippen LogP contribution in [0.3, 0.4) is 0 Å². The van der Waals surface area contributed by atoms with Gasteiger partial charge in [0.15, 0.2) is 5.82 Å². The Morgan fingerprint density at radius 1 is 1.38 bits per heavy atom. The highest BCUT2D eigenvalue weighted by Crippen LogP contribution is 2.16. The maximum atomic E-state index is 12.1. The van der Waals surface area contributed by atoms with Crippen molar-refractivity contribution in [2.75, 3.05) is 13.6 Å². The summed E-state index contributed by atoms with van der Waals surface area (Å²) in [5, 5.41) is 9.14. The zero-order valence-electron chi connectivity index (χ0n) is 12.4. The third-order valence-electron chi connectivity index (χ3n) is 3.19. The number of rotatable bonds is 4. The Hall–Kier alpha value is -2.45. The van der Waals surface area contributed by atoms with Crippen LogP contribution >= 0.6 is 0 Å². The van der Waals surface area contributed by atoms with Crippen molar-refractivity contribution in [3.63, 3.8) is 0 Å². The lowest BCUT2D eigenvalue weighted by molar-refractivity contribution is -0.138. The number of likely N-dealkylation sites (N-methyl/N-ethyl adjacent to an activating group) is 1. The summed E-state index contributed by atoms with van der Waals surface area (Å²) in [6.07, 6.45) is 0. The van der Waals surface area contributed by atoms with Gasteiger partial charge < -0.3 is 10.2 Å². The average Bonchev–Trinajstić information content (AvgIpc) is 2.86. The van der Waals surface area contributed by atoms with Crippen LogP contribution in [-0.2, 0) is 16.1 Å². The van der Waals surface area contributed by atoms with Gasteiger partial charge >= 0.3 is 6.03 Å². The Bertz CT molecular complexity index is 594. The molecule has 1 aromatic heterocycles. The van der Waals surface area contributed by atoms with E-state index in [1.165, 1.54) is 4.90 Å². The fourth-order valence-corrected chi connectivity index (χ4v) is 1.98. The van der Waals surface area contributed by atoms with Crippen molar-refractivity contribution in [3.05, 3.63) is 11.6 Å². The lowest BCUT2D eigenvalue weighted by atomic mass is 10.1. The number of carbonyl (C=O) groups excluding carboxylic acids is 3. The van der Waals surface area contributed by atoms with Crippen molar-refractivity contribution < 1.29 is 14.4 Å². The number of aromatic nitrogens is 3. The van der Waals surface area contributed by atoms with E-state index in [2.05, 4.69) is 20.5 Å². The molecule has 1 aromatic rings. The second kappa shape index (κ2) is 5.15. The third kappa shape index (κ3) is 3.01. The minimum absolute atomic E-state index is 0.205. The molecule has 9 heteroatoms. The second-order valence-corrected chi connectivity index (χ2v) is 5.53. The minimum atomic E-state index is -0.975. The molecule has 0 radical (unpaired) electrons. The van der Waals surface area contributed by atoms with Crippen molar-refractivity contribution in [1.82, 2.24) is 30.3 Å². The molecule has 1 aliphatic rings. The Morgan fingerprint density at radius 3 is 2.52 bits per heavy atom. The fraction of sp³-hybridized carbons (Fsp3) is 0.583. The Labute approximate surface area is 121 Å². The van der Waals surface area contributed by atoms with Crippen molar-refractivity contribution in [1.29, 1.82) is 0 Å². The van der Waals surface area contributed by atoms with Gasteiger partial charge in [-0.25, -0.2) is 9.78 Å². The van der Waals surface area contributed by atoms with Crippen molar-refractivity contribution in [2.45, 2.75) is 32.9 Å². The van der Waals surface area contributed by atoms with Gasteiger partial charge in [-0.3, -0.25) is 19.6 Å². The number of urea groups is 1. The van der Waals surface area contributed by atoms with Gasteiger partial charge in [0.2, 0.25) is 5.91 Å². The predicted octanol–water partition coefficient (Wildman–Crippen LogP) is -0.598. The molecule has 0 spiro atoms. The lowest BCUT2D eigenvalue weighted by Crippen LogP contribution is -2.43. The molecule has 2 N–H and O–H groups in total. The quantitative estimate of drug-likeness (QED) is 0.720. The highest BCUT2D eigenvalue weighted by molar-refractivity contribution is 6.08. The van der Waals surface area contributed by atoms with Gasteiger partial charge in [-0.2, -0.15) is 5.10 Å². The first-order chi connectivity index (χ1) is 9.70. The topological polar surface area (TPSA) is 111 Å². The van der Waals surface area contributed by atoms with E-state index < -0.39 is 17.5 Å². The van der Waals surface area contributed by atoms with Gasteiger partial charge in [-0.05, 0) is 20.8 Å². The number of nitrogens with one attached hydrogen (secondary N) is 2. The molecule has 2 heterocycles. The number of aryl methyl sites for hydroxylation is 1. The first-order valence-electron chi connectivity index (χ1n) is 6.46. The Balaban J connectivity index is 1.98. The third-order valence-corrected chi connectivity index (χ3v) is 3.19. The Morgan fingerprint density at radius 2 is 2.05 bits per heavy atom. The van der Waals surface area contributed by atoms with E-state index in [9.17, 15) is 14.4 Å². The number of nitrogens with zero attached hydrogens (tertiary/aromatic N) is 4. The molecule has 0 atom stereocenters. The molecule has 1 aliphatic heterocycles. The molecule has 4 amide bonds. The van der Waals surface area contributed by atoms with Gasteiger partial charge in [-0.1, -0.05) is 0 Å². The molecule has 9 nitrogen and oxygen atoms in total. The number of H-pyrrole nitrogens is 1. The summed E-state index contributed by atoms with van der Waals surface area (Å²) in [7, 11) is 1.57. The van der Waals surface area contributed by atoms with E-state index in [0.717, 1.165) is 4.90 Å². The van der Waals surface area contributed by atoms with Crippen LogP contribution in [0.15, 0.2) is 0 Å². The molecule has 0 saturated carbocycles. The summed E-state index contributed by atoms with van der Waals surface area (Å²) in [6, 6.07) is -0.555. The maximum absolute atomic E-state index is 12.1. The molecule has 1 fully saturated rings. The van der Waals surface area contributed by atoms with Crippen LogP contribution in [0, 0.1) is 6.92 Å². The molecule has 21 heavy (non-hydrogen) atoms. The van der Waals surface area contributed by atoms with Gasteiger partial charge in [0.1, 0.15) is 17.9 Å². The first kappa shape index (κ1) is 14.9. The van der Waals surface area contributed by atoms with Crippen LogP contribution in [0.4, 0.5) is 4.79 Å². The van der Waals surface area contributed by atoms with Crippen molar-refractivity contribution >= 4 is 17.8 Å². The highest BCUT2D eigenvalue weighted by Gasteiger charge is 2.45. The average molecular weight is 294 g/mol. The molecular formula is C12H18N6O3. The van der Waals surface area contributed by atoms with Gasteiger partial charge in [0.05, 0.1) is 6.54 Å². The summed E-state index contributed by atoms with van der Waals surface area (Å²) >= 11 is 0. The van der Waals surface area contributed by atoms with Crippen LogP contribution < -0.4 is 5.32 Å². The largest absolute Gasteiger partial charge is 0.337 e. The monoisotopic (exact) mass is 294 g/mol. The zero-order chi connectivity index (χ0) is 15.8. The molecule has 0 bridgehead atoms. The van der Waals surface area contributed by atoms with Crippen LogP contribution in [-0.4, -0.2) is 62.0 Å². The molecular weight excluding hydrogens is 276 g/mol. The molecule has 0 aliphatic carbocycles. The molecule has 2 rings (SSSR count). The Kier molecular flexibility index (Phi) is 3.67. The van der Waals surface area contributed by atoms with E-state index in [4.69, 9.17) is 0 Å². The van der Waals surface area contributed by atoms with Crippen LogP contribution in [0.2, 0.25) is 0 Å². The summed E-state index contributed by atoms with van der Waals surface area (Å²) in [6.45, 7) is 4.85. The maximum Gasteiger partial charge on any atom is 0.325 e. The van der Waals surface area contributed by atoms with E-state index in [-0.39, 0.29) is 19.0 Å². The van der Waals surface area contributed by atoms with Crippen molar-refractivity contribution in [2.24, 2.45) is 0 Å². The van der Waals surface area contributed by atoms with Crippen molar-refractivity contribution in [3.8, 4) is 0 Å². The highest BCUT2D eigenvalue weighted by atomic mass is 16.2. The number of imide groups is 1. The second-order valence-electron chi connectivity index (χ2n) is 5.53. The van der Waals surface area contributed by atoms with Crippen LogP contribution in [0.25, 0.3) is 0 Å². The standard InChI is InChI=1S/C12H18N6O3/c1-7-13-8(16-15-7)5-17(4)9(19)6-18-10(20)12(2,3)14-11(18)21/h5-6H2,1-4H3,(H,14,21)(H,13,15,16). The van der Waals surface area contributed by atoms with E-state index in [1.807, 2.05) is 0 Å². The van der Waals surface area contributed by atoms with E-state index >= 15 is 0 Å².